The van der Waals surface area contributed by atoms with Crippen LogP contribution in [0.15, 0.2) is 54.7 Å². The Labute approximate surface area is 169 Å². The third-order valence-electron chi connectivity index (χ3n) is 4.12. The zero-order valence-electron chi connectivity index (χ0n) is 16.0. The molecule has 3 aromatic rings. The van der Waals surface area contributed by atoms with Crippen molar-refractivity contribution in [3.05, 3.63) is 76.4 Å². The highest BCUT2D eigenvalue weighted by Crippen LogP contribution is 2.29. The minimum Gasteiger partial charge on any atom is -0.484 e. The van der Waals surface area contributed by atoms with Gasteiger partial charge in [-0.3, -0.25) is 4.79 Å². The molecule has 1 amide bonds. The molecule has 1 heterocycles. The predicted molar refractivity (Wildman–Crippen MR) is 114 cm³/mol. The highest BCUT2D eigenvalue weighted by Gasteiger charge is 2.08. The van der Waals surface area contributed by atoms with E-state index in [2.05, 4.69) is 21.7 Å². The molecule has 6 heteroatoms. The van der Waals surface area contributed by atoms with Crippen LogP contribution in [0.2, 0.25) is 5.02 Å². The Bertz CT molecular complexity index is 947. The molecule has 3 rings (SSSR count). The third kappa shape index (κ3) is 5.24. The lowest BCUT2D eigenvalue weighted by atomic mass is 10.1. The SMILES string of the molecule is Cc1ccc(OCC(=O)Nc2ccc(Nc3c(C)cc(C)cc3Cl)nc2)cc1. The normalized spacial score (nSPS) is 10.4. The Balaban J connectivity index is 1.57. The maximum atomic E-state index is 12.1. The number of pyridine rings is 1. The first-order chi connectivity index (χ1) is 13.4. The van der Waals surface area contributed by atoms with Gasteiger partial charge in [-0.15, -0.1) is 0 Å². The number of amides is 1. The molecule has 2 N–H and O–H groups in total. The maximum absolute atomic E-state index is 12.1. The molecule has 28 heavy (non-hydrogen) atoms. The van der Waals surface area contributed by atoms with E-state index in [1.807, 2.05) is 51.1 Å². The largest absolute Gasteiger partial charge is 0.484 e. The molecule has 0 aliphatic carbocycles. The summed E-state index contributed by atoms with van der Waals surface area (Å²) in [6.07, 6.45) is 1.59. The van der Waals surface area contributed by atoms with Gasteiger partial charge in [-0.1, -0.05) is 35.4 Å². The van der Waals surface area contributed by atoms with Crippen LogP contribution in [0.1, 0.15) is 16.7 Å². The first-order valence-electron chi connectivity index (χ1n) is 8.90. The molecule has 144 valence electrons. The van der Waals surface area contributed by atoms with Gasteiger partial charge >= 0.3 is 0 Å². The van der Waals surface area contributed by atoms with E-state index in [1.165, 1.54) is 0 Å². The number of rotatable bonds is 6. The number of benzene rings is 2. The van der Waals surface area contributed by atoms with E-state index in [9.17, 15) is 4.79 Å². The van der Waals surface area contributed by atoms with Crippen LogP contribution in [0.4, 0.5) is 17.2 Å². The second-order valence-corrected chi connectivity index (χ2v) is 7.05. The Morgan fingerprint density at radius 3 is 2.43 bits per heavy atom. The van der Waals surface area contributed by atoms with E-state index in [0.29, 0.717) is 22.3 Å². The molecule has 0 bridgehead atoms. The van der Waals surface area contributed by atoms with Crippen molar-refractivity contribution in [1.82, 2.24) is 4.98 Å². The summed E-state index contributed by atoms with van der Waals surface area (Å²) in [5, 5.41) is 6.63. The summed E-state index contributed by atoms with van der Waals surface area (Å²) in [5.74, 6) is 1.05. The van der Waals surface area contributed by atoms with Crippen LogP contribution in [0.5, 0.6) is 5.75 Å². The number of aryl methyl sites for hydroxylation is 3. The average molecular weight is 396 g/mol. The highest BCUT2D eigenvalue weighted by atomic mass is 35.5. The van der Waals surface area contributed by atoms with Crippen molar-refractivity contribution in [1.29, 1.82) is 0 Å². The van der Waals surface area contributed by atoms with Crippen molar-refractivity contribution in [2.24, 2.45) is 0 Å². The zero-order chi connectivity index (χ0) is 20.1. The summed E-state index contributed by atoms with van der Waals surface area (Å²) in [5.41, 5.74) is 4.70. The van der Waals surface area contributed by atoms with Crippen LogP contribution in [0, 0.1) is 20.8 Å². The van der Waals surface area contributed by atoms with Crippen molar-refractivity contribution in [2.75, 3.05) is 17.2 Å². The van der Waals surface area contributed by atoms with Crippen molar-refractivity contribution in [3.8, 4) is 5.75 Å². The van der Waals surface area contributed by atoms with Gasteiger partial charge in [-0.25, -0.2) is 4.98 Å². The Hall–Kier alpha value is -3.05. The van der Waals surface area contributed by atoms with Crippen molar-refractivity contribution < 1.29 is 9.53 Å². The molecule has 0 unspecified atom stereocenters. The van der Waals surface area contributed by atoms with E-state index in [-0.39, 0.29) is 12.5 Å². The van der Waals surface area contributed by atoms with E-state index in [1.54, 1.807) is 18.3 Å². The van der Waals surface area contributed by atoms with Gasteiger partial charge < -0.3 is 15.4 Å². The minimum atomic E-state index is -0.250. The standard InChI is InChI=1S/C22H22ClN3O2/c1-14-4-7-18(8-5-14)28-13-21(27)25-17-6-9-20(24-12-17)26-22-16(3)10-15(2)11-19(22)23/h4-12H,13H2,1-3H3,(H,24,26)(H,25,27). The smallest absolute Gasteiger partial charge is 0.262 e. The average Bonchev–Trinajstić information content (AvgIpc) is 2.65. The molecule has 0 saturated carbocycles. The molecule has 0 spiro atoms. The molecule has 2 aromatic carbocycles. The topological polar surface area (TPSA) is 63.2 Å². The quantitative estimate of drug-likeness (QED) is 0.584. The van der Waals surface area contributed by atoms with Crippen molar-refractivity contribution in [2.45, 2.75) is 20.8 Å². The predicted octanol–water partition coefficient (Wildman–Crippen LogP) is 5.42. The molecule has 0 saturated heterocycles. The summed E-state index contributed by atoms with van der Waals surface area (Å²) in [7, 11) is 0. The fourth-order valence-electron chi connectivity index (χ4n) is 2.72. The van der Waals surface area contributed by atoms with Crippen LogP contribution < -0.4 is 15.4 Å². The monoisotopic (exact) mass is 395 g/mol. The number of anilines is 3. The molecular formula is C22H22ClN3O2. The lowest BCUT2D eigenvalue weighted by molar-refractivity contribution is -0.118. The Morgan fingerprint density at radius 2 is 1.79 bits per heavy atom. The molecule has 0 aliphatic heterocycles. The van der Waals surface area contributed by atoms with E-state index < -0.39 is 0 Å². The molecule has 1 aromatic heterocycles. The fraction of sp³-hybridized carbons (Fsp3) is 0.182. The van der Waals surface area contributed by atoms with E-state index in [4.69, 9.17) is 16.3 Å². The summed E-state index contributed by atoms with van der Waals surface area (Å²) >= 11 is 6.32. The van der Waals surface area contributed by atoms with E-state index >= 15 is 0 Å². The Kier molecular flexibility index (Phi) is 6.16. The molecule has 0 atom stereocenters. The number of hydrogen-bond acceptors (Lipinski definition) is 4. The number of nitrogens with zero attached hydrogens (tertiary/aromatic N) is 1. The molecule has 0 fully saturated rings. The molecule has 5 nitrogen and oxygen atoms in total. The number of hydrogen-bond donors (Lipinski definition) is 2. The van der Waals surface area contributed by atoms with Crippen LogP contribution in [-0.2, 0) is 4.79 Å². The number of ether oxygens (including phenoxy) is 1. The van der Waals surface area contributed by atoms with Crippen LogP contribution in [-0.4, -0.2) is 17.5 Å². The fourth-order valence-corrected chi connectivity index (χ4v) is 3.09. The van der Waals surface area contributed by atoms with Gasteiger partial charge in [0.25, 0.3) is 5.91 Å². The van der Waals surface area contributed by atoms with Gasteiger partial charge in [0, 0.05) is 0 Å². The third-order valence-corrected chi connectivity index (χ3v) is 4.42. The lowest BCUT2D eigenvalue weighted by Crippen LogP contribution is -2.20. The number of halogens is 1. The van der Waals surface area contributed by atoms with Crippen LogP contribution in [0.3, 0.4) is 0 Å². The molecule has 0 radical (unpaired) electrons. The summed E-state index contributed by atoms with van der Waals surface area (Å²) in [6, 6.07) is 15.1. The van der Waals surface area contributed by atoms with Gasteiger partial charge in [0.15, 0.2) is 6.61 Å². The summed E-state index contributed by atoms with van der Waals surface area (Å²) < 4.78 is 5.47. The van der Waals surface area contributed by atoms with Gasteiger partial charge in [0.2, 0.25) is 0 Å². The van der Waals surface area contributed by atoms with Crippen LogP contribution >= 0.6 is 11.6 Å². The first kappa shape index (κ1) is 19.7. The second kappa shape index (κ2) is 8.76. The number of aromatic nitrogens is 1. The zero-order valence-corrected chi connectivity index (χ0v) is 16.8. The summed E-state index contributed by atoms with van der Waals surface area (Å²) in [6.45, 7) is 5.92. The first-order valence-corrected chi connectivity index (χ1v) is 9.27. The van der Waals surface area contributed by atoms with E-state index in [0.717, 1.165) is 22.4 Å². The minimum absolute atomic E-state index is 0.0682. The lowest BCUT2D eigenvalue weighted by Gasteiger charge is -2.12. The number of carbonyl (C=O) groups is 1. The number of nitrogens with one attached hydrogen (secondary N) is 2. The van der Waals surface area contributed by atoms with Gasteiger partial charge in [0.1, 0.15) is 11.6 Å². The summed E-state index contributed by atoms with van der Waals surface area (Å²) in [4.78, 5) is 16.4. The van der Waals surface area contributed by atoms with Gasteiger partial charge in [-0.2, -0.15) is 0 Å². The highest BCUT2D eigenvalue weighted by molar-refractivity contribution is 6.33. The van der Waals surface area contributed by atoms with Gasteiger partial charge in [0.05, 0.1) is 22.6 Å². The molecular weight excluding hydrogens is 374 g/mol. The second-order valence-electron chi connectivity index (χ2n) is 6.65. The molecule has 0 aliphatic rings. The van der Waals surface area contributed by atoms with Gasteiger partial charge in [-0.05, 0) is 62.2 Å². The van der Waals surface area contributed by atoms with Crippen LogP contribution in [0.25, 0.3) is 0 Å². The Morgan fingerprint density at radius 1 is 1.04 bits per heavy atom. The van der Waals surface area contributed by atoms with Crippen molar-refractivity contribution >= 4 is 34.7 Å². The maximum Gasteiger partial charge on any atom is 0.262 e. The van der Waals surface area contributed by atoms with Crippen molar-refractivity contribution in [3.63, 3.8) is 0 Å². The number of carbonyl (C=O) groups excluding carboxylic acids is 1.